The monoisotopic (exact) mass is 342 g/mol. The number of carbonyl (C=O) groups excluding carboxylic acids is 1. The molecule has 0 radical (unpaired) electrons. The van der Waals surface area contributed by atoms with E-state index in [4.69, 9.17) is 9.47 Å². The maximum atomic E-state index is 14.2. The summed E-state index contributed by atoms with van der Waals surface area (Å²) in [5.41, 5.74) is 1.99. The number of hydrogen-bond donors (Lipinski definition) is 1. The zero-order valence-electron chi connectivity index (χ0n) is 14.1. The molecule has 0 fully saturated rings. The highest BCUT2D eigenvalue weighted by Crippen LogP contribution is 2.26. The molecule has 6 heteroatoms. The Kier molecular flexibility index (Phi) is 4.97. The average molecular weight is 342 g/mol. The van der Waals surface area contributed by atoms with Crippen molar-refractivity contribution in [2.24, 2.45) is 0 Å². The fourth-order valence-corrected chi connectivity index (χ4v) is 2.46. The van der Waals surface area contributed by atoms with Crippen molar-refractivity contribution in [3.8, 4) is 5.75 Å². The molecular formula is C19H19FN2O3. The molecule has 0 spiro atoms. The Morgan fingerprint density at radius 2 is 2.04 bits per heavy atom. The Bertz CT molecular complexity index is 877. The molecular weight excluding hydrogens is 323 g/mol. The molecule has 0 aliphatic heterocycles. The van der Waals surface area contributed by atoms with E-state index in [9.17, 15) is 9.18 Å². The highest BCUT2D eigenvalue weighted by atomic mass is 19.1. The molecule has 2 aromatic carbocycles. The summed E-state index contributed by atoms with van der Waals surface area (Å²) in [6, 6.07) is 12.4. The molecule has 3 aromatic rings. The van der Waals surface area contributed by atoms with E-state index in [1.165, 1.54) is 12.1 Å². The highest BCUT2D eigenvalue weighted by Gasteiger charge is 2.21. The van der Waals surface area contributed by atoms with E-state index in [-0.39, 0.29) is 18.3 Å². The van der Waals surface area contributed by atoms with Crippen molar-refractivity contribution < 1.29 is 18.7 Å². The normalized spacial score (nSPS) is 12.1. The van der Waals surface area contributed by atoms with Crippen LogP contribution >= 0.6 is 0 Å². The number of rotatable bonds is 6. The molecule has 0 bridgehead atoms. The van der Waals surface area contributed by atoms with Gasteiger partial charge in [0.15, 0.2) is 11.6 Å². The largest absolute Gasteiger partial charge is 0.486 e. The Labute approximate surface area is 144 Å². The lowest BCUT2D eigenvalue weighted by Gasteiger charge is -2.07. The summed E-state index contributed by atoms with van der Waals surface area (Å²) in [4.78, 5) is 19.2. The SMILES string of the molecule is CCOC(=O)C(C)c1nc2cc(OCc3ccccc3)c(F)cc2[nH]1. The molecule has 3 rings (SSSR count). The van der Waals surface area contributed by atoms with E-state index in [1.54, 1.807) is 13.8 Å². The summed E-state index contributed by atoms with van der Waals surface area (Å²) >= 11 is 0. The van der Waals surface area contributed by atoms with Gasteiger partial charge in [-0.15, -0.1) is 0 Å². The molecule has 1 aromatic heterocycles. The van der Waals surface area contributed by atoms with Crippen LogP contribution in [0.2, 0.25) is 0 Å². The molecule has 1 unspecified atom stereocenters. The van der Waals surface area contributed by atoms with E-state index in [0.717, 1.165) is 5.56 Å². The van der Waals surface area contributed by atoms with Crippen molar-refractivity contribution in [1.29, 1.82) is 0 Å². The summed E-state index contributed by atoms with van der Waals surface area (Å²) in [5, 5.41) is 0. The van der Waals surface area contributed by atoms with Gasteiger partial charge in [0.1, 0.15) is 18.3 Å². The van der Waals surface area contributed by atoms with E-state index in [0.29, 0.717) is 23.5 Å². The summed E-state index contributed by atoms with van der Waals surface area (Å²) in [6.07, 6.45) is 0. The van der Waals surface area contributed by atoms with Gasteiger partial charge < -0.3 is 14.5 Å². The van der Waals surface area contributed by atoms with Gasteiger partial charge in [-0.25, -0.2) is 9.37 Å². The third-order valence-electron chi connectivity index (χ3n) is 3.84. The summed E-state index contributed by atoms with van der Waals surface area (Å²) in [6.45, 7) is 4.00. The van der Waals surface area contributed by atoms with Gasteiger partial charge in [-0.1, -0.05) is 30.3 Å². The van der Waals surface area contributed by atoms with E-state index in [1.807, 2.05) is 30.3 Å². The van der Waals surface area contributed by atoms with Gasteiger partial charge >= 0.3 is 5.97 Å². The van der Waals surface area contributed by atoms with Gasteiger partial charge in [-0.3, -0.25) is 4.79 Å². The molecule has 0 aliphatic rings. The third-order valence-corrected chi connectivity index (χ3v) is 3.84. The number of imidazole rings is 1. The quantitative estimate of drug-likeness (QED) is 0.689. The van der Waals surface area contributed by atoms with E-state index < -0.39 is 11.7 Å². The second kappa shape index (κ2) is 7.34. The maximum Gasteiger partial charge on any atom is 0.316 e. The number of ether oxygens (including phenoxy) is 2. The van der Waals surface area contributed by atoms with Crippen LogP contribution in [0.4, 0.5) is 4.39 Å². The number of esters is 1. The molecule has 0 amide bonds. The molecule has 25 heavy (non-hydrogen) atoms. The van der Waals surface area contributed by atoms with Crippen LogP contribution in [0.5, 0.6) is 5.75 Å². The summed E-state index contributed by atoms with van der Waals surface area (Å²) in [7, 11) is 0. The van der Waals surface area contributed by atoms with E-state index in [2.05, 4.69) is 9.97 Å². The van der Waals surface area contributed by atoms with Gasteiger partial charge in [-0.2, -0.15) is 0 Å². The smallest absolute Gasteiger partial charge is 0.316 e. The molecule has 5 nitrogen and oxygen atoms in total. The third kappa shape index (κ3) is 3.79. The zero-order valence-corrected chi connectivity index (χ0v) is 14.1. The van der Waals surface area contributed by atoms with Crippen molar-refractivity contribution in [1.82, 2.24) is 9.97 Å². The number of hydrogen-bond acceptors (Lipinski definition) is 4. The first-order valence-corrected chi connectivity index (χ1v) is 8.11. The number of aromatic nitrogens is 2. The number of carbonyl (C=O) groups is 1. The first kappa shape index (κ1) is 17.0. The molecule has 1 N–H and O–H groups in total. The number of halogens is 1. The van der Waals surface area contributed by atoms with Crippen LogP contribution in [0.15, 0.2) is 42.5 Å². The van der Waals surface area contributed by atoms with Gasteiger partial charge in [0, 0.05) is 12.1 Å². The lowest BCUT2D eigenvalue weighted by atomic mass is 10.2. The number of nitrogens with one attached hydrogen (secondary N) is 1. The van der Waals surface area contributed by atoms with Gasteiger partial charge in [0.25, 0.3) is 0 Å². The molecule has 130 valence electrons. The summed E-state index contributed by atoms with van der Waals surface area (Å²) < 4.78 is 24.8. The number of aromatic amines is 1. The predicted octanol–water partition coefficient (Wildman–Crippen LogP) is 3.95. The minimum atomic E-state index is -0.552. The Hall–Kier alpha value is -2.89. The van der Waals surface area contributed by atoms with Crippen LogP contribution in [0.3, 0.4) is 0 Å². The molecule has 0 saturated carbocycles. The number of nitrogens with zero attached hydrogens (tertiary/aromatic N) is 1. The number of H-pyrrole nitrogens is 1. The standard InChI is InChI=1S/C19H19FN2O3/c1-3-24-19(23)12(2)18-21-15-9-14(20)17(10-16(15)22-18)25-11-13-7-5-4-6-8-13/h4-10,12H,3,11H2,1-2H3,(H,21,22). The van der Waals surface area contributed by atoms with E-state index >= 15 is 0 Å². The molecule has 0 aliphatic carbocycles. The van der Waals surface area contributed by atoms with Gasteiger partial charge in [-0.05, 0) is 19.4 Å². The highest BCUT2D eigenvalue weighted by molar-refractivity contribution is 5.81. The van der Waals surface area contributed by atoms with Crippen molar-refractivity contribution in [3.63, 3.8) is 0 Å². The number of fused-ring (bicyclic) bond motifs is 1. The molecule has 1 heterocycles. The minimum absolute atomic E-state index is 0.123. The lowest BCUT2D eigenvalue weighted by Crippen LogP contribution is -2.14. The summed E-state index contributed by atoms with van der Waals surface area (Å²) in [5.74, 6) is -0.847. The first-order chi connectivity index (χ1) is 12.1. The molecule has 1 atom stereocenters. The van der Waals surface area contributed by atoms with Crippen LogP contribution < -0.4 is 4.74 Å². The van der Waals surface area contributed by atoms with Gasteiger partial charge in [0.2, 0.25) is 0 Å². The average Bonchev–Trinajstić information content (AvgIpc) is 3.02. The maximum absolute atomic E-state index is 14.2. The Morgan fingerprint density at radius 1 is 1.28 bits per heavy atom. The van der Waals surface area contributed by atoms with Gasteiger partial charge in [0.05, 0.1) is 17.6 Å². The van der Waals surface area contributed by atoms with Crippen molar-refractivity contribution >= 4 is 17.0 Å². The topological polar surface area (TPSA) is 64.2 Å². The lowest BCUT2D eigenvalue weighted by molar-refractivity contribution is -0.144. The van der Waals surface area contributed by atoms with Crippen LogP contribution in [-0.2, 0) is 16.1 Å². The molecule has 0 saturated heterocycles. The Morgan fingerprint density at radius 3 is 2.76 bits per heavy atom. The number of benzene rings is 2. The second-order valence-corrected chi connectivity index (χ2v) is 5.67. The minimum Gasteiger partial charge on any atom is -0.486 e. The Balaban J connectivity index is 1.82. The zero-order chi connectivity index (χ0) is 17.8. The van der Waals surface area contributed by atoms with Crippen LogP contribution in [0.1, 0.15) is 31.2 Å². The van der Waals surface area contributed by atoms with Crippen LogP contribution in [-0.4, -0.2) is 22.5 Å². The fourth-order valence-electron chi connectivity index (χ4n) is 2.46. The fraction of sp³-hybridized carbons (Fsp3) is 0.263. The second-order valence-electron chi connectivity index (χ2n) is 5.67. The van der Waals surface area contributed by atoms with Crippen molar-refractivity contribution in [3.05, 3.63) is 59.7 Å². The first-order valence-electron chi connectivity index (χ1n) is 8.11. The van der Waals surface area contributed by atoms with Crippen molar-refractivity contribution in [2.75, 3.05) is 6.61 Å². The van der Waals surface area contributed by atoms with Crippen LogP contribution in [0, 0.1) is 5.82 Å². The van der Waals surface area contributed by atoms with Crippen LogP contribution in [0.25, 0.3) is 11.0 Å². The van der Waals surface area contributed by atoms with Crippen molar-refractivity contribution in [2.45, 2.75) is 26.4 Å². The predicted molar refractivity (Wildman–Crippen MR) is 91.9 cm³/mol.